The lowest BCUT2D eigenvalue weighted by atomic mass is 9.94. The molecular formula is C18H29Cl2N3O2. The van der Waals surface area contributed by atoms with Crippen molar-refractivity contribution in [2.75, 3.05) is 27.2 Å². The summed E-state index contributed by atoms with van der Waals surface area (Å²) in [5, 5.41) is 3.12. The first-order chi connectivity index (χ1) is 11.0. The predicted molar refractivity (Wildman–Crippen MR) is 105 cm³/mol. The van der Waals surface area contributed by atoms with Crippen molar-refractivity contribution in [2.45, 2.75) is 43.4 Å². The van der Waals surface area contributed by atoms with Crippen molar-refractivity contribution in [3.05, 3.63) is 35.4 Å². The number of rotatable bonds is 5. The zero-order valence-corrected chi connectivity index (χ0v) is 16.5. The molecule has 2 aliphatic rings. The molecule has 2 atom stereocenters. The van der Waals surface area contributed by atoms with Crippen molar-refractivity contribution >= 4 is 30.7 Å². The molecule has 1 amide bonds. The van der Waals surface area contributed by atoms with Gasteiger partial charge in [0.1, 0.15) is 6.10 Å². The summed E-state index contributed by atoms with van der Waals surface area (Å²) < 4.78 is 5.69. The van der Waals surface area contributed by atoms with E-state index in [9.17, 15) is 4.79 Å². The van der Waals surface area contributed by atoms with Crippen LogP contribution in [0.1, 0.15) is 24.0 Å². The van der Waals surface area contributed by atoms with Crippen LogP contribution in [0.3, 0.4) is 0 Å². The van der Waals surface area contributed by atoms with E-state index < -0.39 is 0 Å². The smallest absolute Gasteiger partial charge is 0.249 e. The molecule has 1 aliphatic heterocycles. The third-order valence-electron chi connectivity index (χ3n) is 5.36. The highest BCUT2D eigenvalue weighted by molar-refractivity contribution is 5.85. The number of likely N-dealkylation sites (N-methyl/N-ethyl adjacent to an activating group) is 1. The molecule has 3 rings (SSSR count). The van der Waals surface area contributed by atoms with Crippen LogP contribution in [0.15, 0.2) is 24.3 Å². The Morgan fingerprint density at radius 2 is 1.84 bits per heavy atom. The highest BCUT2D eigenvalue weighted by Crippen LogP contribution is 2.33. The van der Waals surface area contributed by atoms with Gasteiger partial charge in [0, 0.05) is 18.6 Å². The zero-order chi connectivity index (χ0) is 16.4. The molecule has 0 unspecified atom stereocenters. The Bertz CT molecular complexity index is 558. The minimum atomic E-state index is -0.341. The standard InChI is InChI=1S/C18H27N3O2.2ClH/c1-21(2)18(9-13-5-3-4-6-14(13)10-18)12-20-17(22)16-8-7-15(11-19)23-16;;/h3-6,15-16H,7-12,19H2,1-2H3,(H,20,22);2*1H/t15-,16+;;/m1../s1. The molecule has 1 heterocycles. The van der Waals surface area contributed by atoms with Crippen LogP contribution >= 0.6 is 24.8 Å². The summed E-state index contributed by atoms with van der Waals surface area (Å²) in [6.07, 6.45) is 3.26. The van der Waals surface area contributed by atoms with Crippen molar-refractivity contribution in [2.24, 2.45) is 5.73 Å². The van der Waals surface area contributed by atoms with E-state index in [-0.39, 0.29) is 48.5 Å². The third kappa shape index (κ3) is 4.66. The first-order valence-electron chi connectivity index (χ1n) is 8.41. The van der Waals surface area contributed by atoms with E-state index in [2.05, 4.69) is 48.6 Å². The SMILES string of the molecule is CN(C)C1(CNC(=O)[C@@H]2CC[C@H](CN)O2)Cc2ccccc2C1.Cl.Cl. The first kappa shape index (κ1) is 22.2. The fraction of sp³-hybridized carbons (Fsp3) is 0.611. The molecule has 0 aromatic heterocycles. The highest BCUT2D eigenvalue weighted by atomic mass is 35.5. The fourth-order valence-corrected chi connectivity index (χ4v) is 3.71. The van der Waals surface area contributed by atoms with Gasteiger partial charge in [0.15, 0.2) is 0 Å². The van der Waals surface area contributed by atoms with Crippen LogP contribution in [0.5, 0.6) is 0 Å². The molecule has 25 heavy (non-hydrogen) atoms. The van der Waals surface area contributed by atoms with Gasteiger partial charge in [0.05, 0.1) is 6.10 Å². The third-order valence-corrected chi connectivity index (χ3v) is 5.36. The lowest BCUT2D eigenvalue weighted by Crippen LogP contribution is -2.54. The van der Waals surface area contributed by atoms with E-state index in [1.54, 1.807) is 0 Å². The lowest BCUT2D eigenvalue weighted by molar-refractivity contribution is -0.132. The Hall–Kier alpha value is -0.850. The van der Waals surface area contributed by atoms with Crippen molar-refractivity contribution in [1.29, 1.82) is 0 Å². The van der Waals surface area contributed by atoms with Crippen LogP contribution < -0.4 is 11.1 Å². The molecule has 1 aliphatic carbocycles. The number of amides is 1. The minimum Gasteiger partial charge on any atom is -0.364 e. The van der Waals surface area contributed by atoms with Gasteiger partial charge in [0.25, 0.3) is 0 Å². The quantitative estimate of drug-likeness (QED) is 0.801. The lowest BCUT2D eigenvalue weighted by Gasteiger charge is -2.36. The highest BCUT2D eigenvalue weighted by Gasteiger charge is 2.40. The number of fused-ring (bicyclic) bond motifs is 1. The number of halogens is 2. The molecule has 7 heteroatoms. The number of hydrogen-bond donors (Lipinski definition) is 2. The first-order valence-corrected chi connectivity index (χ1v) is 8.41. The maximum atomic E-state index is 12.4. The molecule has 1 aromatic carbocycles. The van der Waals surface area contributed by atoms with Crippen LogP contribution in [0.2, 0.25) is 0 Å². The second kappa shape index (κ2) is 9.19. The van der Waals surface area contributed by atoms with Crippen molar-refractivity contribution in [1.82, 2.24) is 10.2 Å². The Morgan fingerprint density at radius 1 is 1.24 bits per heavy atom. The summed E-state index contributed by atoms with van der Waals surface area (Å²) in [6, 6.07) is 8.55. The van der Waals surface area contributed by atoms with Crippen LogP contribution in [-0.4, -0.2) is 55.7 Å². The van der Waals surface area contributed by atoms with E-state index in [0.29, 0.717) is 13.1 Å². The van der Waals surface area contributed by atoms with Gasteiger partial charge in [-0.25, -0.2) is 0 Å². The zero-order valence-electron chi connectivity index (χ0n) is 14.9. The molecule has 0 bridgehead atoms. The second-order valence-electron chi connectivity index (χ2n) is 7.02. The topological polar surface area (TPSA) is 67.6 Å². The number of ether oxygens (including phenoxy) is 1. The average molecular weight is 390 g/mol. The summed E-state index contributed by atoms with van der Waals surface area (Å²) in [5.74, 6) is -0.00173. The molecule has 0 spiro atoms. The Morgan fingerprint density at radius 3 is 2.32 bits per heavy atom. The fourth-order valence-electron chi connectivity index (χ4n) is 3.71. The van der Waals surface area contributed by atoms with E-state index in [1.165, 1.54) is 11.1 Å². The van der Waals surface area contributed by atoms with Gasteiger partial charge in [-0.2, -0.15) is 0 Å². The number of carbonyl (C=O) groups excluding carboxylic acids is 1. The number of nitrogens with two attached hydrogens (primary N) is 1. The second-order valence-corrected chi connectivity index (χ2v) is 7.02. The molecule has 0 radical (unpaired) electrons. The maximum Gasteiger partial charge on any atom is 0.249 e. The van der Waals surface area contributed by atoms with Crippen LogP contribution in [0.25, 0.3) is 0 Å². The van der Waals surface area contributed by atoms with Gasteiger partial charge in [0.2, 0.25) is 5.91 Å². The molecule has 5 nitrogen and oxygen atoms in total. The number of nitrogens with zero attached hydrogens (tertiary/aromatic N) is 1. The van der Waals surface area contributed by atoms with E-state index >= 15 is 0 Å². The maximum absolute atomic E-state index is 12.4. The number of benzene rings is 1. The summed E-state index contributed by atoms with van der Waals surface area (Å²) in [7, 11) is 4.18. The van der Waals surface area contributed by atoms with Crippen LogP contribution in [0, 0.1) is 0 Å². The van der Waals surface area contributed by atoms with Gasteiger partial charge in [-0.3, -0.25) is 4.79 Å². The van der Waals surface area contributed by atoms with E-state index in [0.717, 1.165) is 25.7 Å². The normalized spacial score (nSPS) is 23.5. The van der Waals surface area contributed by atoms with E-state index in [4.69, 9.17) is 10.5 Å². The molecule has 1 saturated heterocycles. The number of nitrogens with one attached hydrogen (secondary N) is 1. The van der Waals surface area contributed by atoms with E-state index in [1.807, 2.05) is 0 Å². The van der Waals surface area contributed by atoms with Gasteiger partial charge in [-0.1, -0.05) is 24.3 Å². The molecule has 142 valence electrons. The minimum absolute atomic E-state index is 0. The van der Waals surface area contributed by atoms with Crippen LogP contribution in [0.4, 0.5) is 0 Å². The number of carbonyl (C=O) groups is 1. The summed E-state index contributed by atoms with van der Waals surface area (Å²) in [5.41, 5.74) is 8.34. The predicted octanol–water partition coefficient (Wildman–Crippen LogP) is 1.55. The van der Waals surface area contributed by atoms with Gasteiger partial charge in [-0.15, -0.1) is 24.8 Å². The Kier molecular flexibility index (Phi) is 8.16. The average Bonchev–Trinajstić information content (AvgIpc) is 3.17. The van der Waals surface area contributed by atoms with Gasteiger partial charge < -0.3 is 20.7 Å². The van der Waals surface area contributed by atoms with Crippen molar-refractivity contribution < 1.29 is 9.53 Å². The molecule has 1 fully saturated rings. The van der Waals surface area contributed by atoms with Crippen LogP contribution in [-0.2, 0) is 22.4 Å². The molecule has 3 N–H and O–H groups in total. The molecule has 0 saturated carbocycles. The molecule has 1 aromatic rings. The van der Waals surface area contributed by atoms with Gasteiger partial charge >= 0.3 is 0 Å². The monoisotopic (exact) mass is 389 g/mol. The molecular weight excluding hydrogens is 361 g/mol. The summed E-state index contributed by atoms with van der Waals surface area (Å²) >= 11 is 0. The van der Waals surface area contributed by atoms with Crippen molar-refractivity contribution in [3.8, 4) is 0 Å². The Labute approximate surface area is 162 Å². The number of hydrogen-bond acceptors (Lipinski definition) is 4. The Balaban J connectivity index is 0.00000156. The summed E-state index contributed by atoms with van der Waals surface area (Å²) in [4.78, 5) is 14.6. The largest absolute Gasteiger partial charge is 0.364 e. The van der Waals surface area contributed by atoms with Gasteiger partial charge in [-0.05, 0) is 50.9 Å². The summed E-state index contributed by atoms with van der Waals surface area (Å²) in [6.45, 7) is 1.13. The van der Waals surface area contributed by atoms with Crippen molar-refractivity contribution in [3.63, 3.8) is 0 Å².